The zero-order chi connectivity index (χ0) is 9.90. The summed E-state index contributed by atoms with van der Waals surface area (Å²) in [7, 11) is -1.12. The molecule has 0 aliphatic rings. The van der Waals surface area contributed by atoms with E-state index in [1.807, 2.05) is 23.3 Å². The molecule has 1 aromatic rings. The molecule has 0 unspecified atom stereocenters. The summed E-state index contributed by atoms with van der Waals surface area (Å²) in [6.07, 6.45) is 0. The first-order chi connectivity index (χ1) is 6.03. The monoisotopic (exact) mass is 209 g/mol. The highest BCUT2D eigenvalue weighted by molar-refractivity contribution is 8.28. The Labute approximate surface area is 84.9 Å². The van der Waals surface area contributed by atoms with Crippen molar-refractivity contribution in [3.8, 4) is 0 Å². The summed E-state index contributed by atoms with van der Waals surface area (Å²) in [6.45, 7) is 10.6. The zero-order valence-electron chi connectivity index (χ0n) is 8.37. The molecule has 0 radical (unpaired) electrons. The lowest BCUT2D eigenvalue weighted by molar-refractivity contribution is 1.39. The molecule has 1 aromatic carbocycles. The van der Waals surface area contributed by atoms with Gasteiger partial charge in [0, 0.05) is 4.90 Å². The second-order valence-electron chi connectivity index (χ2n) is 3.84. The molecule has 0 aromatic heterocycles. The number of para-hydroxylation sites is 1. The number of aliphatic imine (C=N–C) groups is 1. The largest absolute Gasteiger partial charge is 0.264 e. The van der Waals surface area contributed by atoms with Crippen LogP contribution < -0.4 is 0 Å². The van der Waals surface area contributed by atoms with E-state index in [1.54, 1.807) is 0 Å². The molecule has 0 heterocycles. The van der Waals surface area contributed by atoms with E-state index in [0.29, 0.717) is 0 Å². The lowest BCUT2D eigenvalue weighted by Gasteiger charge is -2.16. The van der Waals surface area contributed by atoms with Crippen LogP contribution in [0.4, 0.5) is 5.69 Å². The second-order valence-corrected chi connectivity index (χ2v) is 13.0. The van der Waals surface area contributed by atoms with Gasteiger partial charge in [-0.15, -0.1) is 11.2 Å². The molecule has 0 saturated carbocycles. The summed E-state index contributed by atoms with van der Waals surface area (Å²) in [5, 5.41) is 0. The molecule has 3 heteroatoms. The van der Waals surface area contributed by atoms with Gasteiger partial charge in [-0.05, 0) is 18.9 Å². The molecule has 0 aliphatic heterocycles. The van der Waals surface area contributed by atoms with Crippen LogP contribution in [0.5, 0.6) is 0 Å². The van der Waals surface area contributed by atoms with Crippen LogP contribution in [0.2, 0.25) is 19.6 Å². The molecular formula is C10H15NSSi. The van der Waals surface area contributed by atoms with Gasteiger partial charge >= 0.3 is 0 Å². The molecule has 13 heavy (non-hydrogen) atoms. The van der Waals surface area contributed by atoms with Crippen molar-refractivity contribution in [1.82, 2.24) is 0 Å². The molecule has 0 spiro atoms. The number of rotatable bonds is 3. The average Bonchev–Trinajstić information content (AvgIpc) is 2.02. The van der Waals surface area contributed by atoms with Gasteiger partial charge in [0.25, 0.3) is 0 Å². The Balaban J connectivity index is 2.94. The van der Waals surface area contributed by atoms with Crippen molar-refractivity contribution in [3.05, 3.63) is 24.3 Å². The fraction of sp³-hybridized carbons (Fsp3) is 0.300. The van der Waals surface area contributed by atoms with Gasteiger partial charge < -0.3 is 0 Å². The molecule has 0 N–H and O–H groups in total. The third kappa shape index (κ3) is 3.36. The first kappa shape index (κ1) is 10.5. The maximum Gasteiger partial charge on any atom is 0.114 e. The van der Waals surface area contributed by atoms with Crippen molar-refractivity contribution in [2.75, 3.05) is 0 Å². The topological polar surface area (TPSA) is 12.4 Å². The Morgan fingerprint density at radius 3 is 2.38 bits per heavy atom. The van der Waals surface area contributed by atoms with E-state index in [0.717, 1.165) is 5.69 Å². The molecular weight excluding hydrogens is 194 g/mol. The summed E-state index contributed by atoms with van der Waals surface area (Å²) in [4.78, 5) is 5.27. The minimum Gasteiger partial charge on any atom is -0.264 e. The second kappa shape index (κ2) is 4.11. The van der Waals surface area contributed by atoms with E-state index in [2.05, 4.69) is 43.5 Å². The Kier molecular flexibility index (Phi) is 3.33. The number of benzene rings is 1. The van der Waals surface area contributed by atoms with Crippen LogP contribution in [0.25, 0.3) is 0 Å². The molecule has 0 fully saturated rings. The number of hydrogen-bond donors (Lipinski definition) is 0. The van der Waals surface area contributed by atoms with Gasteiger partial charge in [0.2, 0.25) is 0 Å². The van der Waals surface area contributed by atoms with Crippen LogP contribution >= 0.6 is 11.2 Å². The average molecular weight is 209 g/mol. The highest BCUT2D eigenvalue weighted by Gasteiger charge is 2.16. The Hall–Kier alpha value is -0.543. The van der Waals surface area contributed by atoms with Crippen molar-refractivity contribution in [2.24, 2.45) is 4.99 Å². The third-order valence-electron chi connectivity index (χ3n) is 1.45. The van der Waals surface area contributed by atoms with Gasteiger partial charge in [0.15, 0.2) is 0 Å². The molecule has 0 amide bonds. The van der Waals surface area contributed by atoms with Crippen molar-refractivity contribution in [2.45, 2.75) is 24.5 Å². The van der Waals surface area contributed by atoms with Gasteiger partial charge in [-0.1, -0.05) is 31.8 Å². The number of hydrogen-bond acceptors (Lipinski definition) is 2. The lowest BCUT2D eigenvalue weighted by atomic mass is 10.3. The molecule has 0 atom stereocenters. The summed E-state index contributed by atoms with van der Waals surface area (Å²) < 4.78 is 0. The molecule has 1 nitrogen and oxygen atoms in total. The minimum atomic E-state index is -1.12. The van der Waals surface area contributed by atoms with E-state index < -0.39 is 7.22 Å². The van der Waals surface area contributed by atoms with Crippen LogP contribution in [-0.4, -0.2) is 13.9 Å². The van der Waals surface area contributed by atoms with Crippen molar-refractivity contribution < 1.29 is 0 Å². The van der Waals surface area contributed by atoms with E-state index in [4.69, 9.17) is 0 Å². The smallest absolute Gasteiger partial charge is 0.114 e. The molecule has 0 saturated heterocycles. The maximum absolute atomic E-state index is 4.01. The fourth-order valence-corrected chi connectivity index (χ4v) is 4.54. The van der Waals surface area contributed by atoms with Gasteiger partial charge in [0.1, 0.15) is 7.22 Å². The standard InChI is InChI=1S/C10H15NSSi/c1-11-9-7-5-6-8-10(9)12-13(2,3)4/h5-8H,1H2,2-4H3. The van der Waals surface area contributed by atoms with Crippen LogP contribution in [0.3, 0.4) is 0 Å². The summed E-state index contributed by atoms with van der Waals surface area (Å²) in [6, 6.07) is 8.18. The maximum atomic E-state index is 4.01. The predicted molar refractivity (Wildman–Crippen MR) is 64.9 cm³/mol. The van der Waals surface area contributed by atoms with Crippen LogP contribution in [0, 0.1) is 0 Å². The highest BCUT2D eigenvalue weighted by atomic mass is 32.4. The van der Waals surface area contributed by atoms with E-state index in [-0.39, 0.29) is 0 Å². The van der Waals surface area contributed by atoms with Crippen LogP contribution in [0.15, 0.2) is 34.2 Å². The summed E-state index contributed by atoms with van der Waals surface area (Å²) in [5.41, 5.74) is 1.01. The quantitative estimate of drug-likeness (QED) is 0.542. The predicted octanol–water partition coefficient (Wildman–Crippen LogP) is 3.95. The van der Waals surface area contributed by atoms with Gasteiger partial charge in [0.05, 0.1) is 5.69 Å². The molecule has 70 valence electrons. The Morgan fingerprint density at radius 1 is 1.23 bits per heavy atom. The molecule has 0 bridgehead atoms. The van der Waals surface area contributed by atoms with Crippen molar-refractivity contribution in [1.29, 1.82) is 0 Å². The highest BCUT2D eigenvalue weighted by Crippen LogP contribution is 2.35. The van der Waals surface area contributed by atoms with E-state index >= 15 is 0 Å². The number of nitrogens with zero attached hydrogens (tertiary/aromatic N) is 1. The van der Waals surface area contributed by atoms with Gasteiger partial charge in [-0.3, -0.25) is 4.99 Å². The normalized spacial score (nSPS) is 11.3. The van der Waals surface area contributed by atoms with E-state index in [1.165, 1.54) is 4.90 Å². The first-order valence-electron chi connectivity index (χ1n) is 4.28. The van der Waals surface area contributed by atoms with Crippen LogP contribution in [0.1, 0.15) is 0 Å². The van der Waals surface area contributed by atoms with Crippen LogP contribution in [-0.2, 0) is 0 Å². The minimum absolute atomic E-state index is 1.01. The summed E-state index contributed by atoms with van der Waals surface area (Å²) in [5.74, 6) is 0. The Bertz CT molecular complexity index is 304. The fourth-order valence-electron chi connectivity index (χ4n) is 1.00. The molecule has 0 aliphatic carbocycles. The van der Waals surface area contributed by atoms with Crippen molar-refractivity contribution in [3.63, 3.8) is 0 Å². The summed E-state index contributed by atoms with van der Waals surface area (Å²) >= 11 is 1.96. The SMILES string of the molecule is C=Nc1ccccc1S[Si](C)(C)C. The van der Waals surface area contributed by atoms with E-state index in [9.17, 15) is 0 Å². The lowest BCUT2D eigenvalue weighted by Crippen LogP contribution is -2.13. The van der Waals surface area contributed by atoms with Gasteiger partial charge in [-0.2, -0.15) is 0 Å². The third-order valence-corrected chi connectivity index (χ3v) is 5.13. The Morgan fingerprint density at radius 2 is 1.85 bits per heavy atom. The zero-order valence-corrected chi connectivity index (χ0v) is 10.2. The molecule has 1 rings (SSSR count). The van der Waals surface area contributed by atoms with Gasteiger partial charge in [-0.25, -0.2) is 0 Å². The van der Waals surface area contributed by atoms with Crippen molar-refractivity contribution >= 4 is 30.8 Å². The first-order valence-corrected chi connectivity index (χ1v) is 9.32.